The summed E-state index contributed by atoms with van der Waals surface area (Å²) in [5.41, 5.74) is -1.18. The molecule has 384 valence electrons. The molecule has 6 aromatic carbocycles. The highest BCUT2D eigenvalue weighted by atomic mass is 35.5. The second kappa shape index (κ2) is 21.8. The normalized spacial score (nSPS) is 20.6. The fourth-order valence-corrected chi connectivity index (χ4v) is 10.4. The summed E-state index contributed by atoms with van der Waals surface area (Å²) in [4.78, 5) is 46.8. The van der Waals surface area contributed by atoms with Crippen LogP contribution in [0.2, 0.25) is 10.0 Å². The number of nitrogens with one attached hydrogen (secondary N) is 2. The monoisotopic (exact) mass is 1050 g/mol. The number of fused-ring (bicyclic) bond motifs is 2. The van der Waals surface area contributed by atoms with E-state index in [4.69, 9.17) is 51.6 Å². The minimum absolute atomic E-state index is 0.110. The van der Waals surface area contributed by atoms with Crippen molar-refractivity contribution in [1.82, 2.24) is 9.80 Å². The van der Waals surface area contributed by atoms with Gasteiger partial charge in [-0.25, -0.2) is 22.4 Å². The Hall–Kier alpha value is -6.41. The number of anilines is 2. The third-order valence-electron chi connectivity index (χ3n) is 13.9. The van der Waals surface area contributed by atoms with Gasteiger partial charge in [-0.15, -0.1) is 0 Å². The number of nitrogens with zero attached hydrogens (tertiary/aromatic N) is 2. The van der Waals surface area contributed by atoms with Crippen LogP contribution < -0.4 is 10.6 Å². The molecule has 2 saturated heterocycles. The predicted octanol–water partition coefficient (Wildman–Crippen LogP) is 9.67. The minimum atomic E-state index is -1.64. The molecule has 74 heavy (non-hydrogen) atoms. The van der Waals surface area contributed by atoms with E-state index in [1.54, 1.807) is 97.1 Å². The highest BCUT2D eigenvalue weighted by Gasteiger charge is 2.52. The van der Waals surface area contributed by atoms with Gasteiger partial charge in [0.05, 0.1) is 51.0 Å². The summed E-state index contributed by atoms with van der Waals surface area (Å²) in [6.45, 7) is 6.02. The maximum atomic E-state index is 15.3. The van der Waals surface area contributed by atoms with Crippen molar-refractivity contribution in [2.45, 2.75) is 23.4 Å². The molecule has 0 radical (unpaired) electrons. The molecule has 0 bridgehead atoms. The average molecular weight is 1060 g/mol. The molecule has 0 aliphatic carbocycles. The minimum Gasteiger partial charge on any atom is -0.400 e. The fourth-order valence-electron chi connectivity index (χ4n) is 10.1. The zero-order valence-electron chi connectivity index (χ0n) is 39.5. The summed E-state index contributed by atoms with van der Waals surface area (Å²) >= 11 is 12.5. The summed E-state index contributed by atoms with van der Waals surface area (Å²) in [5.74, 6) is -5.91. The van der Waals surface area contributed by atoms with Gasteiger partial charge in [0.25, 0.3) is 0 Å². The van der Waals surface area contributed by atoms with Gasteiger partial charge >= 0.3 is 6.16 Å². The molecule has 4 unspecified atom stereocenters. The SMILES string of the molecule is O=C(OC(OCCN1CCOCC1)c1ccc(C2(c3ccc(Cl)cc3)C(=O)Nc3c2ccc(F)c3F)cc1)OC(OCCN1CCOCC1)c1ccc(C2(c3ccc(Cl)cc3)C(=O)Nc3c2ccc(F)c3F)cc1. The smallest absolute Gasteiger partial charge is 0.400 e. The molecule has 2 N–H and O–H groups in total. The number of ether oxygens (including phenoxy) is 6. The zero-order valence-corrected chi connectivity index (χ0v) is 41.0. The van der Waals surface area contributed by atoms with Crippen molar-refractivity contribution in [2.75, 3.05) is 89.5 Å². The first kappa shape index (κ1) is 51.1. The van der Waals surface area contributed by atoms with Crippen molar-refractivity contribution in [3.05, 3.63) is 199 Å². The van der Waals surface area contributed by atoms with Gasteiger partial charge in [-0.2, -0.15) is 0 Å². The van der Waals surface area contributed by atoms with Gasteiger partial charge in [-0.1, -0.05) is 108 Å². The molecule has 2 fully saturated rings. The number of hydrogen-bond acceptors (Lipinski definition) is 11. The lowest BCUT2D eigenvalue weighted by molar-refractivity contribution is -0.170. The lowest BCUT2D eigenvalue weighted by atomic mass is 9.70. The zero-order chi connectivity index (χ0) is 51.6. The number of carbonyl (C=O) groups is 3. The molecule has 0 saturated carbocycles. The van der Waals surface area contributed by atoms with Crippen LogP contribution in [0.4, 0.5) is 33.7 Å². The number of carbonyl (C=O) groups excluding carboxylic acids is 3. The van der Waals surface area contributed by atoms with Crippen molar-refractivity contribution in [1.29, 1.82) is 0 Å². The molecule has 13 nitrogen and oxygen atoms in total. The third-order valence-corrected chi connectivity index (χ3v) is 14.4. The van der Waals surface area contributed by atoms with Crippen LogP contribution in [0.15, 0.2) is 121 Å². The van der Waals surface area contributed by atoms with E-state index in [2.05, 4.69) is 20.4 Å². The summed E-state index contributed by atoms with van der Waals surface area (Å²) < 4.78 is 95.3. The number of hydrogen-bond donors (Lipinski definition) is 2. The number of morpholine rings is 2. The van der Waals surface area contributed by atoms with E-state index in [-0.39, 0.29) is 35.7 Å². The molecular formula is C55H48Cl2F4N4O9. The van der Waals surface area contributed by atoms with Gasteiger partial charge in [-0.05, 0) is 58.7 Å². The number of benzene rings is 6. The largest absolute Gasteiger partial charge is 0.513 e. The molecule has 4 aliphatic heterocycles. The second-order valence-corrected chi connectivity index (χ2v) is 18.9. The highest BCUT2D eigenvalue weighted by molar-refractivity contribution is 6.31. The molecule has 0 spiro atoms. The molecule has 4 heterocycles. The van der Waals surface area contributed by atoms with Crippen LogP contribution in [0.3, 0.4) is 0 Å². The average Bonchev–Trinajstić information content (AvgIpc) is 3.92. The van der Waals surface area contributed by atoms with Crippen molar-refractivity contribution < 1.29 is 60.4 Å². The molecule has 2 amide bonds. The summed E-state index contributed by atoms with van der Waals surface area (Å²) in [5, 5.41) is 5.91. The van der Waals surface area contributed by atoms with Crippen LogP contribution >= 0.6 is 23.2 Å². The van der Waals surface area contributed by atoms with E-state index in [1.807, 2.05) is 0 Å². The molecule has 4 aliphatic rings. The quantitative estimate of drug-likeness (QED) is 0.0545. The first-order chi connectivity index (χ1) is 35.9. The van der Waals surface area contributed by atoms with Gasteiger partial charge < -0.3 is 39.1 Å². The Morgan fingerprint density at radius 3 is 1.22 bits per heavy atom. The third kappa shape index (κ3) is 9.74. The predicted molar refractivity (Wildman–Crippen MR) is 265 cm³/mol. The van der Waals surface area contributed by atoms with Gasteiger partial charge in [0, 0.05) is 71.6 Å². The Balaban J connectivity index is 0.960. The van der Waals surface area contributed by atoms with Gasteiger partial charge in [0.1, 0.15) is 10.8 Å². The Labute approximate surface area is 433 Å². The lowest BCUT2D eigenvalue weighted by Crippen LogP contribution is -2.38. The van der Waals surface area contributed by atoms with Gasteiger partial charge in [0.2, 0.25) is 24.4 Å². The Kier molecular flexibility index (Phi) is 15.1. The molecule has 4 atom stereocenters. The van der Waals surface area contributed by atoms with E-state index in [9.17, 15) is 23.2 Å². The van der Waals surface area contributed by atoms with Crippen molar-refractivity contribution in [3.63, 3.8) is 0 Å². The van der Waals surface area contributed by atoms with Crippen molar-refractivity contribution in [3.8, 4) is 0 Å². The number of halogens is 6. The summed E-state index contributed by atoms with van der Waals surface area (Å²) in [6, 6.07) is 30.5. The fraction of sp³-hybridized carbons (Fsp3) is 0.291. The first-order valence-electron chi connectivity index (χ1n) is 23.9. The Bertz CT molecular complexity index is 2840. The molecule has 0 aromatic heterocycles. The van der Waals surface area contributed by atoms with Crippen LogP contribution in [-0.4, -0.2) is 107 Å². The van der Waals surface area contributed by atoms with E-state index >= 15 is 8.78 Å². The number of rotatable bonds is 16. The molecule has 10 rings (SSSR count). The maximum Gasteiger partial charge on any atom is 0.513 e. The molecular weight excluding hydrogens is 1010 g/mol. The number of amides is 2. The van der Waals surface area contributed by atoms with Crippen molar-refractivity contribution >= 4 is 52.5 Å². The second-order valence-electron chi connectivity index (χ2n) is 18.0. The van der Waals surface area contributed by atoms with Crippen LogP contribution in [0.5, 0.6) is 0 Å². The Morgan fingerprint density at radius 1 is 0.527 bits per heavy atom. The van der Waals surface area contributed by atoms with Gasteiger partial charge in [0.15, 0.2) is 23.3 Å². The van der Waals surface area contributed by atoms with Crippen LogP contribution in [0.1, 0.15) is 57.1 Å². The van der Waals surface area contributed by atoms with Gasteiger partial charge in [-0.3, -0.25) is 19.4 Å². The van der Waals surface area contributed by atoms with Crippen LogP contribution in [0, 0.1) is 23.3 Å². The lowest BCUT2D eigenvalue weighted by Gasteiger charge is -2.30. The van der Waals surface area contributed by atoms with Crippen LogP contribution in [-0.2, 0) is 48.8 Å². The van der Waals surface area contributed by atoms with Crippen LogP contribution in [0.25, 0.3) is 0 Å². The van der Waals surface area contributed by atoms with E-state index in [0.717, 1.165) is 12.1 Å². The first-order valence-corrected chi connectivity index (χ1v) is 24.7. The maximum absolute atomic E-state index is 15.3. The molecule has 6 aromatic rings. The molecule has 19 heteroatoms. The van der Waals surface area contributed by atoms with E-state index < -0.39 is 64.6 Å². The van der Waals surface area contributed by atoms with E-state index in [1.165, 1.54) is 12.1 Å². The summed E-state index contributed by atoms with van der Waals surface area (Å²) in [6.07, 6.45) is -3.92. The Morgan fingerprint density at radius 2 is 0.865 bits per heavy atom. The topological polar surface area (TPSA) is 137 Å². The van der Waals surface area contributed by atoms with E-state index in [0.29, 0.717) is 109 Å². The highest BCUT2D eigenvalue weighted by Crippen LogP contribution is 2.51. The standard InChI is InChI=1S/C55H48Cl2F4N4O9/c56-39-13-9-37(10-14-39)54(41-17-19-43(58)45(60)47(41)62-51(54)66)35-5-1-33(2-6-35)49(71-31-25-64-21-27-69-28-22-64)73-53(68)74-50(72-32-26-65-23-29-70-30-24-65)34-3-7-36(8-4-34)55(38-11-15-40(57)16-12-38)42-18-20-44(59)46(61)48(42)63-52(55)67/h1-20,49-50H,21-32H2,(H,62,66)(H,63,67). The summed E-state index contributed by atoms with van der Waals surface area (Å²) in [7, 11) is 0. The van der Waals surface area contributed by atoms with Crippen molar-refractivity contribution in [2.24, 2.45) is 0 Å².